The molecule has 1 heterocycles. The first-order valence-electron chi connectivity index (χ1n) is 7.71. The van der Waals surface area contributed by atoms with E-state index in [1.165, 1.54) is 0 Å². The van der Waals surface area contributed by atoms with Gasteiger partial charge in [0, 0.05) is 6.42 Å². The summed E-state index contributed by atoms with van der Waals surface area (Å²) in [5.41, 5.74) is 0.978. The molecule has 2 aromatic carbocycles. The standard InChI is InChI=1S/C18H17Cl2NO3/c19-14-7-5-12(9-15(14)20)6-8-18(22)21-10-13-11-23-16-3-1-2-4-17(16)24-13/h1-5,7,9,13H,6,8,10-11H2,(H,21,22)/t13-/m1/s1. The topological polar surface area (TPSA) is 47.6 Å². The van der Waals surface area contributed by atoms with Crippen LogP contribution in [0.15, 0.2) is 42.5 Å². The summed E-state index contributed by atoms with van der Waals surface area (Å²) >= 11 is 11.8. The normalized spacial score (nSPS) is 15.8. The lowest BCUT2D eigenvalue weighted by atomic mass is 10.1. The van der Waals surface area contributed by atoms with Gasteiger partial charge in [-0.1, -0.05) is 41.4 Å². The molecule has 6 heteroatoms. The van der Waals surface area contributed by atoms with Gasteiger partial charge in [0.15, 0.2) is 11.5 Å². The van der Waals surface area contributed by atoms with Crippen LogP contribution in [0.1, 0.15) is 12.0 Å². The predicted molar refractivity (Wildman–Crippen MR) is 94.1 cm³/mol. The molecular weight excluding hydrogens is 349 g/mol. The highest BCUT2D eigenvalue weighted by molar-refractivity contribution is 6.42. The van der Waals surface area contributed by atoms with Crippen LogP contribution in [0.2, 0.25) is 10.0 Å². The minimum absolute atomic E-state index is 0.0384. The summed E-state index contributed by atoms with van der Waals surface area (Å²) in [5.74, 6) is 1.40. The lowest BCUT2D eigenvalue weighted by molar-refractivity contribution is -0.121. The van der Waals surface area contributed by atoms with Crippen LogP contribution >= 0.6 is 23.2 Å². The summed E-state index contributed by atoms with van der Waals surface area (Å²) in [6.45, 7) is 0.832. The Morgan fingerprint density at radius 3 is 2.71 bits per heavy atom. The Balaban J connectivity index is 1.44. The molecule has 126 valence electrons. The second-order valence-corrected chi connectivity index (χ2v) is 6.36. The first-order valence-corrected chi connectivity index (χ1v) is 8.46. The molecule has 1 amide bonds. The van der Waals surface area contributed by atoms with Gasteiger partial charge in [-0.25, -0.2) is 0 Å². The van der Waals surface area contributed by atoms with Crippen LogP contribution in [0.3, 0.4) is 0 Å². The highest BCUT2D eigenvalue weighted by atomic mass is 35.5. The van der Waals surface area contributed by atoms with Crippen molar-refractivity contribution in [1.29, 1.82) is 0 Å². The summed E-state index contributed by atoms with van der Waals surface area (Å²) in [7, 11) is 0. The lowest BCUT2D eigenvalue weighted by Gasteiger charge is -2.26. The van der Waals surface area contributed by atoms with E-state index < -0.39 is 0 Å². The monoisotopic (exact) mass is 365 g/mol. The van der Waals surface area contributed by atoms with E-state index in [2.05, 4.69) is 5.32 Å². The molecule has 0 saturated carbocycles. The number of halogens is 2. The smallest absolute Gasteiger partial charge is 0.220 e. The maximum absolute atomic E-state index is 12.0. The Labute approximate surface area is 150 Å². The van der Waals surface area contributed by atoms with E-state index in [0.717, 1.165) is 11.3 Å². The zero-order chi connectivity index (χ0) is 16.9. The van der Waals surface area contributed by atoms with E-state index in [-0.39, 0.29) is 12.0 Å². The van der Waals surface area contributed by atoms with Gasteiger partial charge in [0.05, 0.1) is 16.6 Å². The van der Waals surface area contributed by atoms with Crippen LogP contribution in [0.4, 0.5) is 0 Å². The highest BCUT2D eigenvalue weighted by Gasteiger charge is 2.20. The molecule has 0 aliphatic carbocycles. The summed E-state index contributed by atoms with van der Waals surface area (Å²) < 4.78 is 11.4. The third-order valence-electron chi connectivity index (χ3n) is 3.72. The Morgan fingerprint density at radius 1 is 1.12 bits per heavy atom. The molecule has 0 saturated heterocycles. The zero-order valence-electron chi connectivity index (χ0n) is 12.9. The lowest BCUT2D eigenvalue weighted by Crippen LogP contribution is -2.40. The number of carbonyl (C=O) groups excluding carboxylic acids is 1. The van der Waals surface area contributed by atoms with Crippen LogP contribution in [0.25, 0.3) is 0 Å². The molecule has 24 heavy (non-hydrogen) atoms. The van der Waals surface area contributed by atoms with E-state index in [0.29, 0.717) is 41.8 Å². The van der Waals surface area contributed by atoms with Crippen molar-refractivity contribution < 1.29 is 14.3 Å². The molecular formula is C18H17Cl2NO3. The van der Waals surface area contributed by atoms with Gasteiger partial charge in [-0.2, -0.15) is 0 Å². The van der Waals surface area contributed by atoms with Crippen molar-refractivity contribution >= 4 is 29.1 Å². The Morgan fingerprint density at radius 2 is 1.92 bits per heavy atom. The summed E-state index contributed by atoms with van der Waals surface area (Å²) in [6, 6.07) is 12.9. The van der Waals surface area contributed by atoms with Gasteiger partial charge in [0.2, 0.25) is 5.91 Å². The quantitative estimate of drug-likeness (QED) is 0.874. The minimum Gasteiger partial charge on any atom is -0.486 e. The number of carbonyl (C=O) groups is 1. The fraction of sp³-hybridized carbons (Fsp3) is 0.278. The number of hydrogen-bond donors (Lipinski definition) is 1. The molecule has 0 radical (unpaired) electrons. The fourth-order valence-electron chi connectivity index (χ4n) is 2.43. The molecule has 4 nitrogen and oxygen atoms in total. The van der Waals surface area contributed by atoms with Gasteiger partial charge in [0.1, 0.15) is 12.7 Å². The molecule has 1 atom stereocenters. The van der Waals surface area contributed by atoms with Gasteiger partial charge < -0.3 is 14.8 Å². The Bertz CT molecular complexity index is 736. The van der Waals surface area contributed by atoms with Crippen molar-refractivity contribution in [1.82, 2.24) is 5.32 Å². The van der Waals surface area contributed by atoms with Crippen LogP contribution in [-0.2, 0) is 11.2 Å². The molecule has 0 aromatic heterocycles. The average Bonchev–Trinajstić information content (AvgIpc) is 2.60. The first-order chi connectivity index (χ1) is 11.6. The maximum atomic E-state index is 12.0. The van der Waals surface area contributed by atoms with Crippen molar-refractivity contribution in [3.8, 4) is 11.5 Å². The number of ether oxygens (including phenoxy) is 2. The largest absolute Gasteiger partial charge is 0.486 e. The second-order valence-electron chi connectivity index (χ2n) is 5.55. The van der Waals surface area contributed by atoms with Gasteiger partial charge in [0.25, 0.3) is 0 Å². The second kappa shape index (κ2) is 7.77. The van der Waals surface area contributed by atoms with E-state index in [4.69, 9.17) is 32.7 Å². The highest BCUT2D eigenvalue weighted by Crippen LogP contribution is 2.30. The Hall–Kier alpha value is -1.91. The number of rotatable bonds is 5. The molecule has 2 aromatic rings. The van der Waals surface area contributed by atoms with Gasteiger partial charge in [-0.3, -0.25) is 4.79 Å². The van der Waals surface area contributed by atoms with Crippen molar-refractivity contribution in [3.05, 3.63) is 58.1 Å². The number of hydrogen-bond acceptors (Lipinski definition) is 3. The number of benzene rings is 2. The van der Waals surface area contributed by atoms with Crippen molar-refractivity contribution in [2.24, 2.45) is 0 Å². The minimum atomic E-state index is -0.186. The molecule has 1 N–H and O–H groups in total. The first kappa shape index (κ1) is 16.9. The van der Waals surface area contributed by atoms with Gasteiger partial charge >= 0.3 is 0 Å². The third kappa shape index (κ3) is 4.34. The van der Waals surface area contributed by atoms with Crippen LogP contribution in [-0.4, -0.2) is 25.2 Å². The fourth-order valence-corrected chi connectivity index (χ4v) is 2.75. The predicted octanol–water partition coefficient (Wildman–Crippen LogP) is 3.88. The van der Waals surface area contributed by atoms with Crippen molar-refractivity contribution in [2.45, 2.75) is 18.9 Å². The van der Waals surface area contributed by atoms with Crippen LogP contribution in [0.5, 0.6) is 11.5 Å². The van der Waals surface area contributed by atoms with E-state index in [1.54, 1.807) is 12.1 Å². The van der Waals surface area contributed by atoms with Gasteiger partial charge in [-0.05, 0) is 36.2 Å². The number of amides is 1. The van der Waals surface area contributed by atoms with Gasteiger partial charge in [-0.15, -0.1) is 0 Å². The van der Waals surface area contributed by atoms with E-state index in [9.17, 15) is 4.79 Å². The summed E-state index contributed by atoms with van der Waals surface area (Å²) in [5, 5.41) is 3.89. The molecule has 0 unspecified atom stereocenters. The van der Waals surface area contributed by atoms with Crippen LogP contribution < -0.4 is 14.8 Å². The van der Waals surface area contributed by atoms with Crippen molar-refractivity contribution in [3.63, 3.8) is 0 Å². The molecule has 0 spiro atoms. The Kier molecular flexibility index (Phi) is 5.48. The number of nitrogens with one attached hydrogen (secondary N) is 1. The number of para-hydroxylation sites is 2. The van der Waals surface area contributed by atoms with Crippen LogP contribution in [0, 0.1) is 0 Å². The SMILES string of the molecule is O=C(CCc1ccc(Cl)c(Cl)c1)NC[C@@H]1COc2ccccc2O1. The molecule has 1 aliphatic rings. The average molecular weight is 366 g/mol. The number of fused-ring (bicyclic) bond motifs is 1. The van der Waals surface area contributed by atoms with E-state index in [1.807, 2.05) is 30.3 Å². The molecule has 3 rings (SSSR count). The number of aryl methyl sites for hydroxylation is 1. The zero-order valence-corrected chi connectivity index (χ0v) is 14.4. The molecule has 1 aliphatic heterocycles. The summed E-state index contributed by atoms with van der Waals surface area (Å²) in [4.78, 5) is 12.0. The molecule has 0 bridgehead atoms. The van der Waals surface area contributed by atoms with Crippen molar-refractivity contribution in [2.75, 3.05) is 13.2 Å². The maximum Gasteiger partial charge on any atom is 0.220 e. The molecule has 0 fully saturated rings. The van der Waals surface area contributed by atoms with E-state index >= 15 is 0 Å². The third-order valence-corrected chi connectivity index (χ3v) is 4.46. The summed E-state index contributed by atoms with van der Waals surface area (Å²) in [6.07, 6.45) is 0.796.